The molecule has 1 unspecified atom stereocenters. The van der Waals surface area contributed by atoms with Gasteiger partial charge >= 0.3 is 0 Å². The molecule has 1 N–H and O–H groups in total. The monoisotopic (exact) mass is 306 g/mol. The highest BCUT2D eigenvalue weighted by molar-refractivity contribution is 6.34. The summed E-state index contributed by atoms with van der Waals surface area (Å²) in [5, 5.41) is 12.8. The first kappa shape index (κ1) is 13.5. The Kier molecular flexibility index (Phi) is 3.25. The maximum atomic E-state index is 10.8. The van der Waals surface area contributed by atoms with Crippen LogP contribution in [0.3, 0.4) is 0 Å². The van der Waals surface area contributed by atoms with Crippen molar-refractivity contribution in [3.8, 4) is 0 Å². The van der Waals surface area contributed by atoms with E-state index in [4.69, 9.17) is 27.6 Å². The minimum atomic E-state index is -1.24. The average Bonchev–Trinajstić information content (AvgIpc) is 2.85. The van der Waals surface area contributed by atoms with Crippen LogP contribution in [0.5, 0.6) is 0 Å². The summed E-state index contributed by atoms with van der Waals surface area (Å²) in [5.74, 6) is 0.447. The number of hydrogen-bond acceptors (Lipinski definition) is 2. The van der Waals surface area contributed by atoms with Gasteiger partial charge in [-0.3, -0.25) is 0 Å². The van der Waals surface area contributed by atoms with Crippen molar-refractivity contribution >= 4 is 34.2 Å². The van der Waals surface area contributed by atoms with Crippen molar-refractivity contribution in [2.45, 2.75) is 12.5 Å². The zero-order valence-corrected chi connectivity index (χ0v) is 12.2. The molecule has 4 heteroatoms. The van der Waals surface area contributed by atoms with E-state index >= 15 is 0 Å². The van der Waals surface area contributed by atoms with Gasteiger partial charge in [0.05, 0.1) is 5.02 Å². The van der Waals surface area contributed by atoms with Crippen LogP contribution in [0.2, 0.25) is 10.0 Å². The van der Waals surface area contributed by atoms with Gasteiger partial charge in [0.2, 0.25) is 0 Å². The second-order valence-corrected chi connectivity index (χ2v) is 5.69. The van der Waals surface area contributed by atoms with Crippen LogP contribution in [0.1, 0.15) is 18.2 Å². The van der Waals surface area contributed by atoms with Crippen LogP contribution < -0.4 is 0 Å². The number of aliphatic hydroxyl groups is 1. The van der Waals surface area contributed by atoms with Crippen molar-refractivity contribution in [2.75, 3.05) is 0 Å². The number of benzene rings is 2. The van der Waals surface area contributed by atoms with Crippen molar-refractivity contribution < 1.29 is 9.52 Å². The fraction of sp³-hybridized carbons (Fsp3) is 0.125. The molecule has 2 nitrogen and oxygen atoms in total. The fourth-order valence-electron chi connectivity index (χ4n) is 2.18. The Bertz CT molecular complexity index is 758. The lowest BCUT2D eigenvalue weighted by molar-refractivity contribution is 0.0786. The lowest BCUT2D eigenvalue weighted by atomic mass is 9.93. The molecule has 0 aliphatic rings. The molecule has 0 radical (unpaired) electrons. The van der Waals surface area contributed by atoms with Crippen LogP contribution in [0.4, 0.5) is 0 Å². The van der Waals surface area contributed by atoms with Crippen LogP contribution in [-0.4, -0.2) is 5.11 Å². The summed E-state index contributed by atoms with van der Waals surface area (Å²) in [7, 11) is 0. The van der Waals surface area contributed by atoms with E-state index in [-0.39, 0.29) is 0 Å². The van der Waals surface area contributed by atoms with Gasteiger partial charge in [0.1, 0.15) is 11.4 Å². The van der Waals surface area contributed by atoms with Crippen molar-refractivity contribution in [2.24, 2.45) is 0 Å². The molecule has 0 aliphatic carbocycles. The smallest absolute Gasteiger partial charge is 0.153 e. The van der Waals surface area contributed by atoms with Crippen LogP contribution in [0.15, 0.2) is 52.9 Å². The third-order valence-corrected chi connectivity index (χ3v) is 3.93. The van der Waals surface area contributed by atoms with E-state index in [1.807, 2.05) is 12.1 Å². The van der Waals surface area contributed by atoms with Gasteiger partial charge < -0.3 is 9.52 Å². The van der Waals surface area contributed by atoms with Gasteiger partial charge in [0.25, 0.3) is 0 Å². The highest BCUT2D eigenvalue weighted by Gasteiger charge is 2.30. The third kappa shape index (κ3) is 2.20. The lowest BCUT2D eigenvalue weighted by Gasteiger charge is -2.21. The molecule has 0 saturated carbocycles. The summed E-state index contributed by atoms with van der Waals surface area (Å²) < 4.78 is 5.73. The molecule has 0 fully saturated rings. The number of hydrogen-bond donors (Lipinski definition) is 1. The zero-order chi connectivity index (χ0) is 14.3. The van der Waals surface area contributed by atoms with E-state index in [9.17, 15) is 5.11 Å². The number of rotatable bonds is 2. The summed E-state index contributed by atoms with van der Waals surface area (Å²) in [6, 6.07) is 14.3. The molecule has 2 aromatic carbocycles. The van der Waals surface area contributed by atoms with Crippen LogP contribution in [-0.2, 0) is 5.60 Å². The third-order valence-electron chi connectivity index (χ3n) is 3.38. The molecule has 1 heterocycles. The highest BCUT2D eigenvalue weighted by Crippen LogP contribution is 2.35. The Labute approximate surface area is 126 Å². The number of para-hydroxylation sites is 1. The van der Waals surface area contributed by atoms with Crippen molar-refractivity contribution in [1.29, 1.82) is 0 Å². The molecular weight excluding hydrogens is 295 g/mol. The standard InChI is InChI=1S/C16H12Cl2O2/c1-16(19,11-5-7-12(17)8-6-11)14-9-10-3-2-4-13(18)15(10)20-14/h2-9,19H,1H3. The van der Waals surface area contributed by atoms with E-state index in [0.29, 0.717) is 27.0 Å². The largest absolute Gasteiger partial charge is 0.456 e. The summed E-state index contributed by atoms with van der Waals surface area (Å²) in [6.45, 7) is 1.68. The first-order valence-electron chi connectivity index (χ1n) is 6.15. The molecule has 3 rings (SSSR count). The van der Waals surface area contributed by atoms with Gasteiger partial charge in [-0.25, -0.2) is 0 Å². The van der Waals surface area contributed by atoms with E-state index in [1.165, 1.54) is 0 Å². The van der Waals surface area contributed by atoms with Crippen molar-refractivity contribution in [1.82, 2.24) is 0 Å². The molecule has 1 aromatic heterocycles. The molecule has 0 spiro atoms. The quantitative estimate of drug-likeness (QED) is 0.723. The van der Waals surface area contributed by atoms with Crippen LogP contribution in [0.25, 0.3) is 11.0 Å². The molecule has 102 valence electrons. The minimum absolute atomic E-state index is 0.447. The molecule has 0 saturated heterocycles. The second-order valence-electron chi connectivity index (χ2n) is 4.85. The molecule has 1 atom stereocenters. The van der Waals surface area contributed by atoms with Gasteiger partial charge in [-0.05, 0) is 36.8 Å². The average molecular weight is 307 g/mol. The molecule has 0 bridgehead atoms. The topological polar surface area (TPSA) is 33.4 Å². The fourth-order valence-corrected chi connectivity index (χ4v) is 2.53. The lowest BCUT2D eigenvalue weighted by Crippen LogP contribution is -2.21. The van der Waals surface area contributed by atoms with Crippen LogP contribution in [0, 0.1) is 0 Å². The second kappa shape index (κ2) is 4.81. The van der Waals surface area contributed by atoms with Gasteiger partial charge in [0, 0.05) is 10.4 Å². The van der Waals surface area contributed by atoms with Crippen molar-refractivity contribution in [3.05, 3.63) is 69.9 Å². The Morgan fingerprint density at radius 1 is 1.05 bits per heavy atom. The highest BCUT2D eigenvalue weighted by atomic mass is 35.5. The van der Waals surface area contributed by atoms with Gasteiger partial charge in [-0.1, -0.05) is 47.5 Å². The number of furan rings is 1. The first-order chi connectivity index (χ1) is 9.48. The molecule has 0 aliphatic heterocycles. The Morgan fingerprint density at radius 2 is 1.75 bits per heavy atom. The van der Waals surface area contributed by atoms with Gasteiger partial charge in [0.15, 0.2) is 5.58 Å². The van der Waals surface area contributed by atoms with E-state index in [0.717, 1.165) is 5.39 Å². The summed E-state index contributed by atoms with van der Waals surface area (Å²) >= 11 is 12.0. The molecular formula is C16H12Cl2O2. The molecule has 0 amide bonds. The maximum Gasteiger partial charge on any atom is 0.153 e. The van der Waals surface area contributed by atoms with Gasteiger partial charge in [-0.15, -0.1) is 0 Å². The summed E-state index contributed by atoms with van der Waals surface area (Å²) in [4.78, 5) is 0. The van der Waals surface area contributed by atoms with Crippen molar-refractivity contribution in [3.63, 3.8) is 0 Å². The SMILES string of the molecule is CC(O)(c1ccc(Cl)cc1)c1cc2cccc(Cl)c2o1. The van der Waals surface area contributed by atoms with E-state index < -0.39 is 5.60 Å². The predicted octanol–water partition coefficient (Wildman–Crippen LogP) is 5.00. The molecule has 20 heavy (non-hydrogen) atoms. The normalized spacial score (nSPS) is 14.4. The number of halogens is 2. The minimum Gasteiger partial charge on any atom is -0.456 e. The Hall–Kier alpha value is -1.48. The first-order valence-corrected chi connectivity index (χ1v) is 6.91. The van der Waals surface area contributed by atoms with E-state index in [1.54, 1.807) is 43.3 Å². The summed E-state index contributed by atoms with van der Waals surface area (Å²) in [6.07, 6.45) is 0. The Balaban J connectivity index is 2.13. The Morgan fingerprint density at radius 3 is 2.40 bits per heavy atom. The van der Waals surface area contributed by atoms with Crippen LogP contribution >= 0.6 is 23.2 Å². The predicted molar refractivity (Wildman–Crippen MR) is 81.3 cm³/mol. The molecule has 3 aromatic rings. The van der Waals surface area contributed by atoms with Gasteiger partial charge in [-0.2, -0.15) is 0 Å². The number of fused-ring (bicyclic) bond motifs is 1. The summed E-state index contributed by atoms with van der Waals surface area (Å²) in [5.41, 5.74) is 0.0444. The maximum absolute atomic E-state index is 10.8. The zero-order valence-electron chi connectivity index (χ0n) is 10.7. The van der Waals surface area contributed by atoms with E-state index in [2.05, 4.69) is 0 Å².